The van der Waals surface area contributed by atoms with Crippen LogP contribution in [0.2, 0.25) is 0 Å². The molecule has 31 heavy (non-hydrogen) atoms. The van der Waals surface area contributed by atoms with Crippen LogP contribution in [0.4, 0.5) is 4.39 Å². The van der Waals surface area contributed by atoms with Crippen molar-refractivity contribution >= 4 is 15.9 Å². The number of carbonyl (C=O) groups is 1. The van der Waals surface area contributed by atoms with E-state index in [0.29, 0.717) is 11.5 Å². The lowest BCUT2D eigenvalue weighted by Gasteiger charge is -2.26. The minimum Gasteiger partial charge on any atom is -0.454 e. The Labute approximate surface area is 182 Å². The molecule has 0 atom stereocenters. The average molecular weight is 451 g/mol. The van der Waals surface area contributed by atoms with Crippen LogP contribution in [0.5, 0.6) is 11.5 Å². The number of sulfonamides is 1. The maximum Gasteiger partial charge on any atom is 0.254 e. The van der Waals surface area contributed by atoms with Gasteiger partial charge in [-0.05, 0) is 35.9 Å². The monoisotopic (exact) mass is 450 g/mol. The summed E-state index contributed by atoms with van der Waals surface area (Å²) in [6.45, 7) is 8.24. The Morgan fingerprint density at radius 1 is 1.10 bits per heavy atom. The zero-order valence-electron chi connectivity index (χ0n) is 18.1. The molecule has 0 fully saturated rings. The fourth-order valence-electron chi connectivity index (χ4n) is 3.37. The molecule has 2 aromatic carbocycles. The number of nitrogens with one attached hydrogen (secondary N) is 1. The number of hydrogen-bond acceptors (Lipinski definition) is 5. The Morgan fingerprint density at radius 2 is 1.77 bits per heavy atom. The summed E-state index contributed by atoms with van der Waals surface area (Å²) >= 11 is 0. The quantitative estimate of drug-likeness (QED) is 0.667. The predicted molar refractivity (Wildman–Crippen MR) is 114 cm³/mol. The van der Waals surface area contributed by atoms with Gasteiger partial charge in [-0.3, -0.25) is 4.79 Å². The van der Waals surface area contributed by atoms with Gasteiger partial charge in [-0.15, -0.1) is 0 Å². The minimum atomic E-state index is -3.81. The topological polar surface area (TPSA) is 84.9 Å². The number of halogens is 1. The van der Waals surface area contributed by atoms with Crippen LogP contribution in [0, 0.1) is 5.82 Å². The third-order valence-corrected chi connectivity index (χ3v) is 7.42. The van der Waals surface area contributed by atoms with E-state index < -0.39 is 27.2 Å². The maximum absolute atomic E-state index is 14.4. The standard InChI is InChI=1S/C22H27FN2O5S/c1-5-25(6-2)31(27,28)16-8-9-18(23)17(12-16)21(26)24-13-22(3,4)15-7-10-19-20(11-15)30-14-29-19/h7-12H,5-6,13-14H2,1-4H3,(H,24,26). The molecule has 0 bridgehead atoms. The molecule has 0 radical (unpaired) electrons. The average Bonchev–Trinajstić information content (AvgIpc) is 3.21. The zero-order valence-corrected chi connectivity index (χ0v) is 18.9. The molecule has 1 aliphatic heterocycles. The summed E-state index contributed by atoms with van der Waals surface area (Å²) in [5.41, 5.74) is 0.114. The van der Waals surface area contributed by atoms with E-state index >= 15 is 0 Å². The number of nitrogens with zero attached hydrogens (tertiary/aromatic N) is 1. The lowest BCUT2D eigenvalue weighted by molar-refractivity contribution is 0.0941. The normalized spacial score (nSPS) is 13.5. The number of fused-ring (bicyclic) bond motifs is 1. The maximum atomic E-state index is 14.4. The van der Waals surface area contributed by atoms with Crippen LogP contribution < -0.4 is 14.8 Å². The summed E-state index contributed by atoms with van der Waals surface area (Å²) in [5.74, 6) is -0.158. The Kier molecular flexibility index (Phi) is 6.56. The Balaban J connectivity index is 1.79. The molecule has 1 N–H and O–H groups in total. The largest absolute Gasteiger partial charge is 0.454 e. The van der Waals surface area contributed by atoms with Gasteiger partial charge in [-0.25, -0.2) is 12.8 Å². The van der Waals surface area contributed by atoms with Gasteiger partial charge in [-0.1, -0.05) is 33.8 Å². The highest BCUT2D eigenvalue weighted by Crippen LogP contribution is 2.36. The van der Waals surface area contributed by atoms with E-state index in [1.807, 2.05) is 32.0 Å². The fraction of sp³-hybridized carbons (Fsp3) is 0.409. The summed E-state index contributed by atoms with van der Waals surface area (Å²) in [6, 6.07) is 8.82. The van der Waals surface area contributed by atoms with Crippen LogP contribution in [0.25, 0.3) is 0 Å². The van der Waals surface area contributed by atoms with E-state index in [1.54, 1.807) is 13.8 Å². The number of benzene rings is 2. The summed E-state index contributed by atoms with van der Waals surface area (Å²) in [4.78, 5) is 12.6. The predicted octanol–water partition coefficient (Wildman–Crippen LogP) is 3.29. The summed E-state index contributed by atoms with van der Waals surface area (Å²) in [6.07, 6.45) is 0. The molecule has 0 saturated carbocycles. The second-order valence-electron chi connectivity index (χ2n) is 7.87. The molecule has 168 valence electrons. The summed E-state index contributed by atoms with van der Waals surface area (Å²) in [7, 11) is -3.81. The van der Waals surface area contributed by atoms with Crippen molar-refractivity contribution in [2.45, 2.75) is 38.0 Å². The SMILES string of the molecule is CCN(CC)S(=O)(=O)c1ccc(F)c(C(=O)NCC(C)(C)c2ccc3c(c2)OCO3)c1. The van der Waals surface area contributed by atoms with Crippen molar-refractivity contribution in [1.29, 1.82) is 0 Å². The third kappa shape index (κ3) is 4.67. The molecular weight excluding hydrogens is 423 g/mol. The highest BCUT2D eigenvalue weighted by atomic mass is 32.2. The van der Waals surface area contributed by atoms with Gasteiger partial charge in [0, 0.05) is 25.0 Å². The summed E-state index contributed by atoms with van der Waals surface area (Å²) < 4.78 is 51.8. The van der Waals surface area contributed by atoms with Crippen molar-refractivity contribution in [1.82, 2.24) is 9.62 Å². The first kappa shape index (κ1) is 23.0. The molecule has 0 unspecified atom stereocenters. The van der Waals surface area contributed by atoms with Crippen molar-refractivity contribution in [2.24, 2.45) is 0 Å². The molecule has 1 amide bonds. The number of carbonyl (C=O) groups excluding carboxylic acids is 1. The first-order chi connectivity index (χ1) is 14.6. The summed E-state index contributed by atoms with van der Waals surface area (Å²) in [5, 5.41) is 2.72. The van der Waals surface area contributed by atoms with Crippen LogP contribution in [-0.2, 0) is 15.4 Å². The van der Waals surface area contributed by atoms with Gasteiger partial charge in [0.1, 0.15) is 5.82 Å². The van der Waals surface area contributed by atoms with Crippen molar-refractivity contribution in [3.8, 4) is 11.5 Å². The molecule has 3 rings (SSSR count). The van der Waals surface area contributed by atoms with Crippen LogP contribution in [0.1, 0.15) is 43.6 Å². The van der Waals surface area contributed by atoms with Gasteiger partial charge >= 0.3 is 0 Å². The van der Waals surface area contributed by atoms with Gasteiger partial charge < -0.3 is 14.8 Å². The van der Waals surface area contributed by atoms with E-state index in [-0.39, 0.29) is 36.9 Å². The first-order valence-corrected chi connectivity index (χ1v) is 11.5. The van der Waals surface area contributed by atoms with Gasteiger partial charge in [-0.2, -0.15) is 4.31 Å². The van der Waals surface area contributed by atoms with Crippen molar-refractivity contribution in [3.63, 3.8) is 0 Å². The lowest BCUT2D eigenvalue weighted by atomic mass is 9.84. The van der Waals surface area contributed by atoms with Gasteiger partial charge in [0.05, 0.1) is 10.5 Å². The number of hydrogen-bond donors (Lipinski definition) is 1. The molecule has 9 heteroatoms. The van der Waals surface area contributed by atoms with Crippen LogP contribution in [0.15, 0.2) is 41.3 Å². The molecule has 0 spiro atoms. The fourth-order valence-corrected chi connectivity index (χ4v) is 4.85. The van der Waals surface area contributed by atoms with E-state index in [2.05, 4.69) is 5.32 Å². The second kappa shape index (κ2) is 8.84. The van der Waals surface area contributed by atoms with Crippen LogP contribution in [-0.4, -0.2) is 45.1 Å². The molecule has 0 aliphatic carbocycles. The van der Waals surface area contributed by atoms with Crippen molar-refractivity contribution < 1.29 is 27.1 Å². The van der Waals surface area contributed by atoms with Crippen molar-refractivity contribution in [2.75, 3.05) is 26.4 Å². The van der Waals surface area contributed by atoms with Gasteiger partial charge in [0.2, 0.25) is 16.8 Å². The smallest absolute Gasteiger partial charge is 0.254 e. The first-order valence-electron chi connectivity index (χ1n) is 10.1. The minimum absolute atomic E-state index is 0.113. The second-order valence-corrected chi connectivity index (χ2v) is 9.80. The Morgan fingerprint density at radius 3 is 2.45 bits per heavy atom. The number of amides is 1. The number of rotatable bonds is 8. The molecule has 2 aromatic rings. The molecular formula is C22H27FN2O5S. The van der Waals surface area contributed by atoms with E-state index in [0.717, 1.165) is 17.7 Å². The number of ether oxygens (including phenoxy) is 2. The van der Waals surface area contributed by atoms with Gasteiger partial charge in [0.25, 0.3) is 5.91 Å². The van der Waals surface area contributed by atoms with Crippen LogP contribution in [0.3, 0.4) is 0 Å². The zero-order chi connectivity index (χ0) is 22.8. The Bertz CT molecular complexity index is 1080. The molecule has 0 saturated heterocycles. The molecule has 0 aromatic heterocycles. The highest BCUT2D eigenvalue weighted by Gasteiger charge is 2.27. The van der Waals surface area contributed by atoms with E-state index in [1.165, 1.54) is 10.4 Å². The molecule has 7 nitrogen and oxygen atoms in total. The molecule has 1 heterocycles. The highest BCUT2D eigenvalue weighted by molar-refractivity contribution is 7.89. The molecule has 1 aliphatic rings. The van der Waals surface area contributed by atoms with Crippen molar-refractivity contribution in [3.05, 3.63) is 53.3 Å². The Hall–Kier alpha value is -2.65. The van der Waals surface area contributed by atoms with E-state index in [9.17, 15) is 17.6 Å². The third-order valence-electron chi connectivity index (χ3n) is 5.37. The van der Waals surface area contributed by atoms with Gasteiger partial charge in [0.15, 0.2) is 11.5 Å². The lowest BCUT2D eigenvalue weighted by Crippen LogP contribution is -2.37. The van der Waals surface area contributed by atoms with Crippen LogP contribution >= 0.6 is 0 Å². The van der Waals surface area contributed by atoms with E-state index in [4.69, 9.17) is 9.47 Å².